The lowest BCUT2D eigenvalue weighted by atomic mass is 9.68. The van der Waals surface area contributed by atoms with E-state index in [1.165, 1.54) is 16.8 Å². The monoisotopic (exact) mass is 457 g/mol. The molecule has 0 spiro atoms. The fourth-order valence-electron chi connectivity index (χ4n) is 3.44. The van der Waals surface area contributed by atoms with Crippen LogP contribution in [0.4, 0.5) is 0 Å². The molecule has 0 radical (unpaired) electrons. The quantitative estimate of drug-likeness (QED) is 0.464. The van der Waals surface area contributed by atoms with Gasteiger partial charge in [0.1, 0.15) is 0 Å². The maximum Gasteiger partial charge on any atom is 0.0553 e. The molecule has 1 heterocycles. The molecule has 0 N–H and O–H groups in total. The summed E-state index contributed by atoms with van der Waals surface area (Å²) in [6, 6.07) is 17.4. The van der Waals surface area contributed by atoms with E-state index in [1.807, 2.05) is 12.2 Å². The molecule has 0 atom stereocenters. The van der Waals surface area contributed by atoms with Crippen molar-refractivity contribution in [3.8, 4) is 0 Å². The minimum Gasteiger partial charge on any atom is -0.369 e. The third-order valence-corrected chi connectivity index (χ3v) is 5.73. The average Bonchev–Trinajstić information content (AvgIpc) is 2.57. The largest absolute Gasteiger partial charge is 0.369 e. The van der Waals surface area contributed by atoms with Gasteiger partial charge in [0.2, 0.25) is 0 Å². The van der Waals surface area contributed by atoms with Gasteiger partial charge in [-0.2, -0.15) is 0 Å². The van der Waals surface area contributed by atoms with E-state index >= 15 is 0 Å². The predicted molar refractivity (Wildman–Crippen MR) is 114 cm³/mol. The highest BCUT2D eigenvalue weighted by Crippen LogP contribution is 2.44. The van der Waals surface area contributed by atoms with Gasteiger partial charge in [-0.25, -0.2) is 0 Å². The summed E-state index contributed by atoms with van der Waals surface area (Å²) >= 11 is 7.26. The van der Waals surface area contributed by atoms with Crippen molar-refractivity contribution in [2.24, 2.45) is 0 Å². The van der Waals surface area contributed by atoms with Gasteiger partial charge >= 0.3 is 0 Å². The van der Waals surface area contributed by atoms with Crippen molar-refractivity contribution in [1.82, 2.24) is 4.90 Å². The molecule has 25 heavy (non-hydrogen) atoms. The second kappa shape index (κ2) is 7.76. The second-order valence-corrected chi connectivity index (χ2v) is 8.10. The summed E-state index contributed by atoms with van der Waals surface area (Å²) in [5.74, 6) is 0. The third-order valence-electron chi connectivity index (χ3n) is 4.74. The number of allylic oxidation sites excluding steroid dienone is 4. The number of halogens is 2. The van der Waals surface area contributed by atoms with Crippen molar-refractivity contribution in [3.05, 3.63) is 105 Å². The average molecular weight is 459 g/mol. The molecule has 0 aromatic heterocycles. The summed E-state index contributed by atoms with van der Waals surface area (Å²) in [5.41, 5.74) is 3.93. The van der Waals surface area contributed by atoms with Crippen molar-refractivity contribution in [2.45, 2.75) is 12.3 Å². The summed E-state index contributed by atoms with van der Waals surface area (Å²) in [7, 11) is 0. The molecule has 2 aromatic rings. The van der Waals surface area contributed by atoms with Crippen LogP contribution >= 0.6 is 31.9 Å². The molecule has 1 aliphatic rings. The molecule has 1 fully saturated rings. The van der Waals surface area contributed by atoms with E-state index in [0.29, 0.717) is 0 Å². The minimum absolute atomic E-state index is 0.00381. The maximum atomic E-state index is 3.77. The first-order chi connectivity index (χ1) is 12.1. The van der Waals surface area contributed by atoms with Crippen LogP contribution in [-0.4, -0.2) is 18.0 Å². The molecule has 1 aliphatic heterocycles. The van der Waals surface area contributed by atoms with Gasteiger partial charge in [-0.1, -0.05) is 80.9 Å². The van der Waals surface area contributed by atoms with Crippen LogP contribution in [0.25, 0.3) is 0 Å². The third kappa shape index (κ3) is 3.68. The van der Waals surface area contributed by atoms with Crippen LogP contribution in [-0.2, 0) is 5.41 Å². The SMILES string of the molecule is C=CC=CC(=CC)N1CC(c2cccc(Br)c2)(c2cccc(Br)c2)C1. The number of hydrogen-bond acceptors (Lipinski definition) is 1. The molecule has 0 aliphatic carbocycles. The van der Waals surface area contributed by atoms with E-state index < -0.39 is 0 Å². The van der Waals surface area contributed by atoms with Crippen LogP contribution in [0.3, 0.4) is 0 Å². The number of likely N-dealkylation sites (tertiary alicyclic amines) is 1. The summed E-state index contributed by atoms with van der Waals surface area (Å²) in [4.78, 5) is 2.42. The molecule has 1 saturated heterocycles. The Balaban J connectivity index is 1.99. The lowest BCUT2D eigenvalue weighted by Gasteiger charge is -2.53. The van der Waals surface area contributed by atoms with Gasteiger partial charge in [-0.3, -0.25) is 0 Å². The highest BCUT2D eigenvalue weighted by molar-refractivity contribution is 9.10. The Bertz CT molecular complexity index is 782. The summed E-state index contributed by atoms with van der Waals surface area (Å²) < 4.78 is 2.24. The molecule has 0 amide bonds. The van der Waals surface area contributed by atoms with E-state index in [4.69, 9.17) is 0 Å². The first-order valence-electron chi connectivity index (χ1n) is 8.31. The number of nitrogens with zero attached hydrogens (tertiary/aromatic N) is 1. The normalized spacial score (nSPS) is 16.8. The summed E-state index contributed by atoms with van der Waals surface area (Å²) in [6.45, 7) is 7.77. The van der Waals surface area contributed by atoms with E-state index in [2.05, 4.69) is 111 Å². The van der Waals surface area contributed by atoms with Gasteiger partial charge < -0.3 is 4.90 Å². The molecule has 128 valence electrons. The lowest BCUT2D eigenvalue weighted by molar-refractivity contribution is 0.139. The van der Waals surface area contributed by atoms with Gasteiger partial charge in [0.15, 0.2) is 0 Å². The Labute approximate surface area is 167 Å². The molecule has 3 rings (SSSR count). The zero-order valence-electron chi connectivity index (χ0n) is 14.3. The number of rotatable bonds is 5. The van der Waals surface area contributed by atoms with Crippen molar-refractivity contribution in [3.63, 3.8) is 0 Å². The lowest BCUT2D eigenvalue weighted by Crippen LogP contribution is -2.59. The predicted octanol–water partition coefficient (Wildman–Crippen LogP) is 6.46. The van der Waals surface area contributed by atoms with Gasteiger partial charge in [0.05, 0.1) is 5.41 Å². The van der Waals surface area contributed by atoms with Crippen molar-refractivity contribution in [2.75, 3.05) is 13.1 Å². The zero-order valence-corrected chi connectivity index (χ0v) is 17.4. The van der Waals surface area contributed by atoms with Crippen LogP contribution < -0.4 is 0 Å². The molecular weight excluding hydrogens is 438 g/mol. The van der Waals surface area contributed by atoms with Gasteiger partial charge in [0, 0.05) is 27.7 Å². The number of benzene rings is 2. The maximum absolute atomic E-state index is 3.77. The van der Waals surface area contributed by atoms with Crippen LogP contribution in [0.1, 0.15) is 18.1 Å². The second-order valence-electron chi connectivity index (χ2n) is 6.27. The highest BCUT2D eigenvalue weighted by atomic mass is 79.9. The van der Waals surface area contributed by atoms with Crippen molar-refractivity contribution >= 4 is 31.9 Å². The van der Waals surface area contributed by atoms with Crippen LogP contribution in [0.5, 0.6) is 0 Å². The Morgan fingerprint density at radius 1 is 1.04 bits per heavy atom. The fourth-order valence-corrected chi connectivity index (χ4v) is 4.24. The molecule has 0 bridgehead atoms. The minimum atomic E-state index is 0.00381. The smallest absolute Gasteiger partial charge is 0.0553 e. The molecular formula is C22H21Br2N. The Morgan fingerprint density at radius 2 is 1.60 bits per heavy atom. The van der Waals surface area contributed by atoms with Gasteiger partial charge in [-0.15, -0.1) is 0 Å². The van der Waals surface area contributed by atoms with Crippen LogP contribution in [0, 0.1) is 0 Å². The Hall–Kier alpha value is -1.58. The number of hydrogen-bond donors (Lipinski definition) is 0. The Morgan fingerprint density at radius 3 is 2.04 bits per heavy atom. The van der Waals surface area contributed by atoms with E-state index in [-0.39, 0.29) is 5.41 Å². The molecule has 3 heteroatoms. The first kappa shape index (κ1) is 18.2. The fraction of sp³-hybridized carbons (Fsp3) is 0.182. The zero-order chi connectivity index (χ0) is 17.9. The van der Waals surface area contributed by atoms with Crippen LogP contribution in [0.2, 0.25) is 0 Å². The van der Waals surface area contributed by atoms with Crippen molar-refractivity contribution < 1.29 is 0 Å². The van der Waals surface area contributed by atoms with Crippen LogP contribution in [0.15, 0.2) is 94.1 Å². The standard InChI is InChI=1S/C22H21Br2N/c1-3-5-12-21(4-2)25-15-22(16-25,17-8-6-10-19(23)13-17)18-9-7-11-20(24)14-18/h3-14H,1,15-16H2,2H3. The molecule has 0 unspecified atom stereocenters. The van der Waals surface area contributed by atoms with E-state index in [0.717, 1.165) is 22.0 Å². The van der Waals surface area contributed by atoms with E-state index in [9.17, 15) is 0 Å². The highest BCUT2D eigenvalue weighted by Gasteiger charge is 2.46. The summed E-state index contributed by atoms with van der Waals surface area (Å²) in [6.07, 6.45) is 8.09. The van der Waals surface area contributed by atoms with Gasteiger partial charge in [-0.05, 0) is 48.4 Å². The van der Waals surface area contributed by atoms with Gasteiger partial charge in [0.25, 0.3) is 0 Å². The topological polar surface area (TPSA) is 3.24 Å². The van der Waals surface area contributed by atoms with E-state index in [1.54, 1.807) is 0 Å². The molecule has 2 aromatic carbocycles. The summed E-state index contributed by atoms with van der Waals surface area (Å²) in [5, 5.41) is 0. The first-order valence-corrected chi connectivity index (χ1v) is 9.90. The Kier molecular flexibility index (Phi) is 5.65. The van der Waals surface area contributed by atoms with Crippen molar-refractivity contribution in [1.29, 1.82) is 0 Å². The molecule has 1 nitrogen and oxygen atoms in total. The molecule has 0 saturated carbocycles.